The van der Waals surface area contributed by atoms with E-state index in [9.17, 15) is 4.79 Å². The Morgan fingerprint density at radius 1 is 1.00 bits per heavy atom. The zero-order valence-electron chi connectivity index (χ0n) is 19.4. The summed E-state index contributed by atoms with van der Waals surface area (Å²) >= 11 is 1.29. The van der Waals surface area contributed by atoms with Crippen LogP contribution >= 0.6 is 11.8 Å². The van der Waals surface area contributed by atoms with E-state index < -0.39 is 0 Å². The Morgan fingerprint density at radius 2 is 1.71 bits per heavy atom. The summed E-state index contributed by atoms with van der Waals surface area (Å²) < 4.78 is 12.6. The lowest BCUT2D eigenvalue weighted by Gasteiger charge is -2.11. The van der Waals surface area contributed by atoms with Crippen molar-refractivity contribution >= 4 is 23.9 Å². The maximum Gasteiger partial charge on any atom is 0.250 e. The molecule has 0 saturated heterocycles. The number of hydrazone groups is 1. The number of hydrogen-bond acceptors (Lipinski definition) is 7. The van der Waals surface area contributed by atoms with Gasteiger partial charge in [0, 0.05) is 11.3 Å². The van der Waals surface area contributed by atoms with Gasteiger partial charge in [-0.3, -0.25) is 9.36 Å². The molecule has 0 bridgehead atoms. The Morgan fingerprint density at radius 3 is 2.40 bits per heavy atom. The number of nitrogens with one attached hydrogen (secondary N) is 1. The standard InChI is InChI=1S/C26H25N5O3S/c1-3-34-23-15-11-21(12-16-23)31-25(20-7-5-4-6-8-20)29-30-26(31)35-18-24(32)28-27-17-19-9-13-22(33-2)14-10-19/h4-17H,3,18H2,1-2H3,(H,28,32)/b27-17+. The fourth-order valence-electron chi connectivity index (χ4n) is 3.26. The molecular formula is C26H25N5O3S. The van der Waals surface area contributed by atoms with Crippen LogP contribution in [0.2, 0.25) is 0 Å². The van der Waals surface area contributed by atoms with Gasteiger partial charge in [0.2, 0.25) is 0 Å². The summed E-state index contributed by atoms with van der Waals surface area (Å²) in [7, 11) is 1.61. The Bertz CT molecular complexity index is 1270. The van der Waals surface area contributed by atoms with Crippen molar-refractivity contribution in [3.05, 3.63) is 84.4 Å². The molecule has 1 heterocycles. The summed E-state index contributed by atoms with van der Waals surface area (Å²) in [6.45, 7) is 2.54. The first-order valence-electron chi connectivity index (χ1n) is 11.0. The first-order valence-corrected chi connectivity index (χ1v) is 12.0. The fourth-order valence-corrected chi connectivity index (χ4v) is 4.00. The third-order valence-corrected chi connectivity index (χ3v) is 5.85. The van der Waals surface area contributed by atoms with Gasteiger partial charge in [0.25, 0.3) is 5.91 Å². The molecule has 178 valence electrons. The van der Waals surface area contributed by atoms with Crippen molar-refractivity contribution in [2.24, 2.45) is 5.10 Å². The maximum absolute atomic E-state index is 12.4. The Hall–Kier alpha value is -4.11. The normalized spacial score (nSPS) is 10.9. The van der Waals surface area contributed by atoms with Crippen LogP contribution in [-0.4, -0.2) is 46.4 Å². The summed E-state index contributed by atoms with van der Waals surface area (Å²) in [5.74, 6) is 2.12. The van der Waals surface area contributed by atoms with E-state index in [1.54, 1.807) is 13.3 Å². The van der Waals surface area contributed by atoms with Crippen molar-refractivity contribution in [2.75, 3.05) is 19.5 Å². The zero-order chi connectivity index (χ0) is 24.5. The quantitative estimate of drug-likeness (QED) is 0.200. The lowest BCUT2D eigenvalue weighted by molar-refractivity contribution is -0.118. The van der Waals surface area contributed by atoms with E-state index in [4.69, 9.17) is 9.47 Å². The highest BCUT2D eigenvalue weighted by Gasteiger charge is 2.17. The SMILES string of the molecule is CCOc1ccc(-n2c(SCC(=O)N/N=C/c3ccc(OC)cc3)nnc2-c2ccccc2)cc1. The second kappa shape index (κ2) is 11.8. The average molecular weight is 488 g/mol. The molecule has 0 aliphatic rings. The van der Waals surface area contributed by atoms with Gasteiger partial charge in [0.05, 0.1) is 25.7 Å². The number of ether oxygens (including phenoxy) is 2. The molecule has 4 rings (SSSR count). The number of carbonyl (C=O) groups is 1. The molecule has 0 saturated carbocycles. The second-order valence-corrected chi connectivity index (χ2v) is 8.23. The lowest BCUT2D eigenvalue weighted by atomic mass is 10.2. The summed E-state index contributed by atoms with van der Waals surface area (Å²) in [4.78, 5) is 12.4. The monoisotopic (exact) mass is 487 g/mol. The number of hydrogen-bond donors (Lipinski definition) is 1. The number of carbonyl (C=O) groups excluding carboxylic acids is 1. The number of aromatic nitrogens is 3. The van der Waals surface area contributed by atoms with Crippen molar-refractivity contribution in [3.63, 3.8) is 0 Å². The number of amides is 1. The van der Waals surface area contributed by atoms with Crippen molar-refractivity contribution in [1.82, 2.24) is 20.2 Å². The van der Waals surface area contributed by atoms with Crippen LogP contribution in [-0.2, 0) is 4.79 Å². The Kier molecular flexibility index (Phi) is 8.13. The highest BCUT2D eigenvalue weighted by atomic mass is 32.2. The highest BCUT2D eigenvalue weighted by molar-refractivity contribution is 7.99. The molecule has 3 aromatic carbocycles. The molecule has 0 unspecified atom stereocenters. The molecule has 35 heavy (non-hydrogen) atoms. The maximum atomic E-state index is 12.4. The number of thioether (sulfide) groups is 1. The van der Waals surface area contributed by atoms with Crippen LogP contribution < -0.4 is 14.9 Å². The van der Waals surface area contributed by atoms with Gasteiger partial charge in [-0.15, -0.1) is 10.2 Å². The summed E-state index contributed by atoms with van der Waals surface area (Å²) in [5.41, 5.74) is 5.20. The molecule has 4 aromatic rings. The van der Waals surface area contributed by atoms with E-state index in [1.807, 2.05) is 90.4 Å². The van der Waals surface area contributed by atoms with Gasteiger partial charge in [0.1, 0.15) is 11.5 Å². The molecule has 0 radical (unpaired) electrons. The first-order chi connectivity index (χ1) is 17.2. The largest absolute Gasteiger partial charge is 0.497 e. The van der Waals surface area contributed by atoms with Crippen molar-refractivity contribution in [3.8, 4) is 28.6 Å². The zero-order valence-corrected chi connectivity index (χ0v) is 20.2. The van der Waals surface area contributed by atoms with E-state index in [0.717, 1.165) is 28.3 Å². The van der Waals surface area contributed by atoms with E-state index in [-0.39, 0.29) is 11.7 Å². The molecular weight excluding hydrogens is 462 g/mol. The number of benzene rings is 3. The fraction of sp³-hybridized carbons (Fsp3) is 0.154. The number of nitrogens with zero attached hydrogens (tertiary/aromatic N) is 4. The van der Waals surface area contributed by atoms with Gasteiger partial charge in [-0.05, 0) is 61.0 Å². The average Bonchev–Trinajstić information content (AvgIpc) is 3.33. The van der Waals surface area contributed by atoms with E-state index in [0.29, 0.717) is 17.6 Å². The minimum Gasteiger partial charge on any atom is -0.497 e. The van der Waals surface area contributed by atoms with Crippen LogP contribution in [0.25, 0.3) is 17.1 Å². The first kappa shape index (κ1) is 24.0. The Balaban J connectivity index is 1.48. The third-order valence-electron chi connectivity index (χ3n) is 4.92. The molecule has 0 spiro atoms. The molecule has 0 aliphatic carbocycles. The van der Waals surface area contributed by atoms with Crippen LogP contribution in [0, 0.1) is 0 Å². The van der Waals surface area contributed by atoms with E-state index >= 15 is 0 Å². The van der Waals surface area contributed by atoms with Crippen molar-refractivity contribution in [2.45, 2.75) is 12.1 Å². The molecule has 8 nitrogen and oxygen atoms in total. The van der Waals surface area contributed by atoms with Gasteiger partial charge in [-0.25, -0.2) is 5.43 Å². The molecule has 1 N–H and O–H groups in total. The molecule has 1 amide bonds. The number of methoxy groups -OCH3 is 1. The predicted molar refractivity (Wildman–Crippen MR) is 137 cm³/mol. The smallest absolute Gasteiger partial charge is 0.250 e. The predicted octanol–water partition coefficient (Wildman–Crippen LogP) is 4.58. The lowest BCUT2D eigenvalue weighted by Crippen LogP contribution is -2.20. The van der Waals surface area contributed by atoms with Gasteiger partial charge >= 0.3 is 0 Å². The molecule has 0 fully saturated rings. The molecule has 9 heteroatoms. The van der Waals surface area contributed by atoms with Gasteiger partial charge in [-0.1, -0.05) is 42.1 Å². The van der Waals surface area contributed by atoms with Crippen LogP contribution in [0.15, 0.2) is 89.1 Å². The van der Waals surface area contributed by atoms with E-state index in [2.05, 4.69) is 20.7 Å². The highest BCUT2D eigenvalue weighted by Crippen LogP contribution is 2.28. The van der Waals surface area contributed by atoms with Crippen LogP contribution in [0.4, 0.5) is 0 Å². The Labute approximate surface area is 208 Å². The van der Waals surface area contributed by atoms with Crippen LogP contribution in [0.1, 0.15) is 12.5 Å². The third kappa shape index (κ3) is 6.27. The molecule has 0 aliphatic heterocycles. The van der Waals surface area contributed by atoms with Crippen molar-refractivity contribution in [1.29, 1.82) is 0 Å². The van der Waals surface area contributed by atoms with Gasteiger partial charge in [-0.2, -0.15) is 5.10 Å². The summed E-state index contributed by atoms with van der Waals surface area (Å²) in [6.07, 6.45) is 1.58. The topological polar surface area (TPSA) is 90.6 Å². The van der Waals surface area contributed by atoms with Gasteiger partial charge in [0.15, 0.2) is 11.0 Å². The second-order valence-electron chi connectivity index (χ2n) is 7.29. The molecule has 0 atom stereocenters. The van der Waals surface area contributed by atoms with Crippen molar-refractivity contribution < 1.29 is 14.3 Å². The van der Waals surface area contributed by atoms with Crippen LogP contribution in [0.3, 0.4) is 0 Å². The van der Waals surface area contributed by atoms with Crippen LogP contribution in [0.5, 0.6) is 11.5 Å². The summed E-state index contributed by atoms with van der Waals surface area (Å²) in [6, 6.07) is 24.9. The number of rotatable bonds is 10. The summed E-state index contributed by atoms with van der Waals surface area (Å²) in [5, 5.41) is 13.4. The van der Waals surface area contributed by atoms with E-state index in [1.165, 1.54) is 11.8 Å². The minimum absolute atomic E-state index is 0.129. The van der Waals surface area contributed by atoms with Gasteiger partial charge < -0.3 is 9.47 Å². The molecule has 1 aromatic heterocycles. The minimum atomic E-state index is -0.248.